The predicted molar refractivity (Wildman–Crippen MR) is 73.1 cm³/mol. The number of thioether (sulfide) groups is 1. The SMILES string of the molecule is CCNC(=O)c1sc(NCC(F)(F)F)c(SC)c1N. The highest BCUT2D eigenvalue weighted by atomic mass is 32.2. The van der Waals surface area contributed by atoms with E-state index < -0.39 is 12.7 Å². The van der Waals surface area contributed by atoms with E-state index in [-0.39, 0.29) is 21.5 Å². The highest BCUT2D eigenvalue weighted by Crippen LogP contribution is 2.41. The van der Waals surface area contributed by atoms with Crippen molar-refractivity contribution in [2.75, 3.05) is 30.4 Å². The molecule has 4 N–H and O–H groups in total. The van der Waals surface area contributed by atoms with Crippen molar-refractivity contribution in [1.29, 1.82) is 0 Å². The lowest BCUT2D eigenvalue weighted by atomic mass is 10.3. The van der Waals surface area contributed by atoms with Crippen LogP contribution < -0.4 is 16.4 Å². The maximum Gasteiger partial charge on any atom is 0.405 e. The second-order valence-electron chi connectivity index (χ2n) is 3.54. The Morgan fingerprint density at radius 3 is 2.58 bits per heavy atom. The van der Waals surface area contributed by atoms with Crippen LogP contribution in [0.2, 0.25) is 0 Å². The molecule has 0 spiro atoms. The first-order valence-corrected chi connectivity index (χ1v) is 7.39. The second-order valence-corrected chi connectivity index (χ2v) is 5.37. The van der Waals surface area contributed by atoms with Crippen molar-refractivity contribution in [2.45, 2.75) is 18.0 Å². The molecule has 0 aliphatic rings. The number of hydrogen-bond acceptors (Lipinski definition) is 5. The Bertz CT molecular complexity index is 460. The first-order valence-electron chi connectivity index (χ1n) is 5.35. The third-order valence-corrected chi connectivity index (χ3v) is 4.22. The molecule has 0 saturated carbocycles. The molecule has 0 bridgehead atoms. The summed E-state index contributed by atoms with van der Waals surface area (Å²) in [5, 5.41) is 5.11. The molecule has 1 aromatic rings. The van der Waals surface area contributed by atoms with Gasteiger partial charge in [-0.3, -0.25) is 4.79 Å². The third kappa shape index (κ3) is 4.20. The quantitative estimate of drug-likeness (QED) is 0.731. The van der Waals surface area contributed by atoms with Crippen molar-refractivity contribution in [3.63, 3.8) is 0 Å². The molecule has 0 radical (unpaired) electrons. The summed E-state index contributed by atoms with van der Waals surface area (Å²) < 4.78 is 36.6. The standard InChI is InChI=1S/C10H14F3N3OS2/c1-3-15-8(17)6-5(14)7(18-2)9(19-6)16-4-10(11,12)13/h16H,3-4,14H2,1-2H3,(H,15,17). The molecule has 0 saturated heterocycles. The van der Waals surface area contributed by atoms with Gasteiger partial charge >= 0.3 is 6.18 Å². The molecule has 0 atom stereocenters. The maximum absolute atomic E-state index is 12.2. The van der Waals surface area contributed by atoms with Crippen LogP contribution in [0.3, 0.4) is 0 Å². The number of amides is 1. The average Bonchev–Trinajstić information content (AvgIpc) is 2.62. The summed E-state index contributed by atoms with van der Waals surface area (Å²) in [7, 11) is 0. The van der Waals surface area contributed by atoms with Crippen molar-refractivity contribution in [3.05, 3.63) is 4.88 Å². The maximum atomic E-state index is 12.2. The van der Waals surface area contributed by atoms with Crippen LogP contribution in [0.15, 0.2) is 4.90 Å². The van der Waals surface area contributed by atoms with Crippen molar-refractivity contribution in [1.82, 2.24) is 5.32 Å². The summed E-state index contributed by atoms with van der Waals surface area (Å²) in [6, 6.07) is 0. The number of thiophene rings is 1. The summed E-state index contributed by atoms with van der Waals surface area (Å²) in [5.41, 5.74) is 6.01. The Hall–Kier alpha value is -1.09. The fraction of sp³-hybridized carbons (Fsp3) is 0.500. The molecule has 0 aliphatic carbocycles. The largest absolute Gasteiger partial charge is 0.405 e. The number of nitrogen functional groups attached to an aromatic ring is 1. The van der Waals surface area contributed by atoms with Crippen LogP contribution in [-0.4, -0.2) is 31.4 Å². The van der Waals surface area contributed by atoms with Gasteiger partial charge in [-0.15, -0.1) is 23.1 Å². The molecule has 0 aliphatic heterocycles. The van der Waals surface area contributed by atoms with E-state index in [0.717, 1.165) is 11.3 Å². The molecule has 1 rings (SSSR count). The van der Waals surface area contributed by atoms with Crippen LogP contribution in [0, 0.1) is 0 Å². The monoisotopic (exact) mass is 313 g/mol. The second kappa shape index (κ2) is 6.38. The number of carbonyl (C=O) groups excluding carboxylic acids is 1. The van der Waals surface area contributed by atoms with E-state index in [1.54, 1.807) is 13.2 Å². The Morgan fingerprint density at radius 2 is 2.11 bits per heavy atom. The lowest BCUT2D eigenvalue weighted by Crippen LogP contribution is -2.22. The summed E-state index contributed by atoms with van der Waals surface area (Å²) in [6.07, 6.45) is -2.63. The first kappa shape index (κ1) is 16.0. The van der Waals surface area contributed by atoms with E-state index in [9.17, 15) is 18.0 Å². The summed E-state index contributed by atoms with van der Waals surface area (Å²) in [5.74, 6) is -0.375. The fourth-order valence-corrected chi connectivity index (χ4v) is 3.28. The Balaban J connectivity index is 2.99. The van der Waals surface area contributed by atoms with Crippen LogP contribution in [0.5, 0.6) is 0 Å². The molecule has 0 fully saturated rings. The lowest BCUT2D eigenvalue weighted by Gasteiger charge is -2.08. The van der Waals surface area contributed by atoms with Crippen molar-refractivity contribution < 1.29 is 18.0 Å². The fourth-order valence-electron chi connectivity index (χ4n) is 1.34. The average molecular weight is 313 g/mol. The van der Waals surface area contributed by atoms with E-state index in [1.165, 1.54) is 11.8 Å². The van der Waals surface area contributed by atoms with E-state index in [0.29, 0.717) is 11.4 Å². The molecule has 4 nitrogen and oxygen atoms in total. The molecule has 0 aromatic carbocycles. The van der Waals surface area contributed by atoms with E-state index in [2.05, 4.69) is 10.6 Å². The van der Waals surface area contributed by atoms with Gasteiger partial charge < -0.3 is 16.4 Å². The number of rotatable bonds is 5. The minimum atomic E-state index is -4.32. The van der Waals surface area contributed by atoms with E-state index in [4.69, 9.17) is 5.73 Å². The van der Waals surface area contributed by atoms with Gasteiger partial charge in [0.1, 0.15) is 16.4 Å². The highest BCUT2D eigenvalue weighted by molar-refractivity contribution is 7.99. The molecular formula is C10H14F3N3OS2. The smallest absolute Gasteiger partial charge is 0.396 e. The Labute approximate surface area is 116 Å². The van der Waals surface area contributed by atoms with Crippen molar-refractivity contribution >= 4 is 39.7 Å². The molecule has 1 amide bonds. The third-order valence-electron chi connectivity index (χ3n) is 2.10. The molecule has 9 heteroatoms. The molecule has 1 heterocycles. The summed E-state index contributed by atoms with van der Waals surface area (Å²) in [6.45, 7) is 1.02. The lowest BCUT2D eigenvalue weighted by molar-refractivity contribution is -0.115. The van der Waals surface area contributed by atoms with Gasteiger partial charge in [0.15, 0.2) is 0 Å². The topological polar surface area (TPSA) is 67.2 Å². The number of nitrogens with one attached hydrogen (secondary N) is 2. The summed E-state index contributed by atoms with van der Waals surface area (Å²) in [4.78, 5) is 12.4. The predicted octanol–water partition coefficient (Wildman–Crippen LogP) is 2.78. The van der Waals surface area contributed by atoms with Crippen LogP contribution in [0.25, 0.3) is 0 Å². The van der Waals surface area contributed by atoms with Gasteiger partial charge in [-0.25, -0.2) is 0 Å². The Morgan fingerprint density at radius 1 is 1.47 bits per heavy atom. The zero-order chi connectivity index (χ0) is 14.6. The van der Waals surface area contributed by atoms with Crippen molar-refractivity contribution in [3.8, 4) is 0 Å². The van der Waals surface area contributed by atoms with Crippen LogP contribution in [0.1, 0.15) is 16.6 Å². The molecule has 108 valence electrons. The minimum Gasteiger partial charge on any atom is -0.396 e. The van der Waals surface area contributed by atoms with Crippen LogP contribution >= 0.6 is 23.1 Å². The van der Waals surface area contributed by atoms with Gasteiger partial charge in [0.25, 0.3) is 5.91 Å². The normalized spacial score (nSPS) is 11.4. The molecule has 0 unspecified atom stereocenters. The van der Waals surface area contributed by atoms with Crippen LogP contribution in [-0.2, 0) is 0 Å². The number of anilines is 2. The molecule has 19 heavy (non-hydrogen) atoms. The number of nitrogens with two attached hydrogens (primary N) is 1. The minimum absolute atomic E-state index is 0.216. The molecular weight excluding hydrogens is 299 g/mol. The zero-order valence-electron chi connectivity index (χ0n) is 10.4. The number of halogens is 3. The van der Waals surface area contributed by atoms with Gasteiger partial charge in [-0.05, 0) is 13.2 Å². The zero-order valence-corrected chi connectivity index (χ0v) is 12.0. The van der Waals surface area contributed by atoms with Gasteiger partial charge in [0, 0.05) is 6.54 Å². The van der Waals surface area contributed by atoms with Crippen molar-refractivity contribution in [2.24, 2.45) is 0 Å². The first-order chi connectivity index (χ1) is 8.80. The number of carbonyl (C=O) groups is 1. The van der Waals surface area contributed by atoms with E-state index >= 15 is 0 Å². The van der Waals surface area contributed by atoms with Crippen LogP contribution in [0.4, 0.5) is 23.9 Å². The van der Waals surface area contributed by atoms with Gasteiger partial charge in [0.05, 0.1) is 10.6 Å². The van der Waals surface area contributed by atoms with Gasteiger partial charge in [-0.1, -0.05) is 0 Å². The van der Waals surface area contributed by atoms with Gasteiger partial charge in [-0.2, -0.15) is 13.2 Å². The van der Waals surface area contributed by atoms with E-state index in [1.807, 2.05) is 0 Å². The highest BCUT2D eigenvalue weighted by Gasteiger charge is 2.28. The molecule has 1 aromatic heterocycles. The summed E-state index contributed by atoms with van der Waals surface area (Å²) >= 11 is 2.13. The number of hydrogen-bond donors (Lipinski definition) is 3. The number of alkyl halides is 3. The van der Waals surface area contributed by atoms with Gasteiger partial charge in [0.2, 0.25) is 0 Å². The Kier molecular flexibility index (Phi) is 5.36.